The van der Waals surface area contributed by atoms with Crippen molar-refractivity contribution in [2.24, 2.45) is 17.6 Å². The van der Waals surface area contributed by atoms with Gasteiger partial charge in [0.25, 0.3) is 0 Å². The van der Waals surface area contributed by atoms with E-state index in [0.717, 1.165) is 11.8 Å². The lowest BCUT2D eigenvalue weighted by molar-refractivity contribution is 0.295. The number of nitrogens with two attached hydrogens (primary N) is 1. The van der Waals surface area contributed by atoms with E-state index in [-0.39, 0.29) is 0 Å². The molecule has 1 heteroatoms. The van der Waals surface area contributed by atoms with Gasteiger partial charge in [-0.25, -0.2) is 0 Å². The molecular weight excluding hydrogens is 194 g/mol. The minimum absolute atomic E-state index is 0.473. The van der Waals surface area contributed by atoms with E-state index in [1.54, 1.807) is 0 Å². The SMILES string of the molecule is CCCCC(N)C1CCCCCCC(C)C1. The van der Waals surface area contributed by atoms with Gasteiger partial charge in [-0.05, 0) is 31.1 Å². The first kappa shape index (κ1) is 14.0. The number of unbranched alkanes of at least 4 members (excludes halogenated alkanes) is 1. The van der Waals surface area contributed by atoms with Crippen LogP contribution in [0.2, 0.25) is 0 Å². The summed E-state index contributed by atoms with van der Waals surface area (Å²) in [5, 5.41) is 0. The van der Waals surface area contributed by atoms with Crippen molar-refractivity contribution >= 4 is 0 Å². The van der Waals surface area contributed by atoms with Crippen molar-refractivity contribution in [2.45, 2.75) is 84.1 Å². The van der Waals surface area contributed by atoms with Crippen LogP contribution in [0.3, 0.4) is 0 Å². The van der Waals surface area contributed by atoms with Crippen LogP contribution in [0.5, 0.6) is 0 Å². The molecule has 0 spiro atoms. The van der Waals surface area contributed by atoms with E-state index in [4.69, 9.17) is 5.73 Å². The van der Waals surface area contributed by atoms with Gasteiger partial charge in [-0.3, -0.25) is 0 Å². The van der Waals surface area contributed by atoms with Crippen LogP contribution in [0.1, 0.15) is 78.1 Å². The van der Waals surface area contributed by atoms with Crippen molar-refractivity contribution in [3.63, 3.8) is 0 Å². The van der Waals surface area contributed by atoms with Gasteiger partial charge in [0, 0.05) is 6.04 Å². The molecule has 3 unspecified atom stereocenters. The summed E-state index contributed by atoms with van der Waals surface area (Å²) in [4.78, 5) is 0. The molecule has 0 aromatic heterocycles. The normalized spacial score (nSPS) is 30.2. The Labute approximate surface area is 102 Å². The average molecular weight is 225 g/mol. The lowest BCUT2D eigenvalue weighted by Crippen LogP contribution is -2.31. The molecule has 1 aliphatic carbocycles. The zero-order valence-electron chi connectivity index (χ0n) is 11.4. The molecule has 0 heterocycles. The maximum atomic E-state index is 6.37. The molecule has 0 aromatic carbocycles. The maximum Gasteiger partial charge on any atom is 0.00672 e. The van der Waals surface area contributed by atoms with Gasteiger partial charge in [-0.2, -0.15) is 0 Å². The third-order valence-electron chi connectivity index (χ3n) is 4.22. The predicted octanol–water partition coefficient (Wildman–Crippen LogP) is 4.50. The van der Waals surface area contributed by atoms with Crippen LogP contribution in [0.4, 0.5) is 0 Å². The highest BCUT2D eigenvalue weighted by Crippen LogP contribution is 2.28. The summed E-state index contributed by atoms with van der Waals surface area (Å²) in [6.45, 7) is 4.68. The molecular formula is C15H31N. The van der Waals surface area contributed by atoms with E-state index in [2.05, 4.69) is 13.8 Å². The third kappa shape index (κ3) is 5.34. The van der Waals surface area contributed by atoms with Crippen LogP contribution in [0.25, 0.3) is 0 Å². The lowest BCUT2D eigenvalue weighted by Gasteiger charge is -2.26. The molecule has 0 radical (unpaired) electrons. The summed E-state index contributed by atoms with van der Waals surface area (Å²) in [7, 11) is 0. The van der Waals surface area contributed by atoms with Crippen LogP contribution in [-0.2, 0) is 0 Å². The fourth-order valence-electron chi connectivity index (χ4n) is 3.07. The Morgan fingerprint density at radius 1 is 1.12 bits per heavy atom. The van der Waals surface area contributed by atoms with Crippen LogP contribution in [0.15, 0.2) is 0 Å². The second kappa shape index (κ2) is 8.11. The molecule has 1 fully saturated rings. The van der Waals surface area contributed by atoms with Crippen molar-refractivity contribution in [3.8, 4) is 0 Å². The van der Waals surface area contributed by atoms with Crippen LogP contribution in [0, 0.1) is 11.8 Å². The highest BCUT2D eigenvalue weighted by molar-refractivity contribution is 4.76. The lowest BCUT2D eigenvalue weighted by atomic mass is 9.84. The number of hydrogen-bond donors (Lipinski definition) is 1. The zero-order chi connectivity index (χ0) is 11.8. The Balaban J connectivity index is 2.39. The van der Waals surface area contributed by atoms with Crippen LogP contribution in [-0.4, -0.2) is 6.04 Å². The van der Waals surface area contributed by atoms with Gasteiger partial charge in [0.15, 0.2) is 0 Å². The molecule has 0 saturated heterocycles. The molecule has 1 rings (SSSR count). The Kier molecular flexibility index (Phi) is 7.11. The summed E-state index contributed by atoms with van der Waals surface area (Å²) in [6, 6.07) is 0.473. The smallest absolute Gasteiger partial charge is 0.00672 e. The molecule has 1 aliphatic rings. The van der Waals surface area contributed by atoms with E-state index in [9.17, 15) is 0 Å². The van der Waals surface area contributed by atoms with E-state index < -0.39 is 0 Å². The van der Waals surface area contributed by atoms with Gasteiger partial charge in [-0.1, -0.05) is 58.8 Å². The van der Waals surface area contributed by atoms with Crippen LogP contribution >= 0.6 is 0 Å². The highest BCUT2D eigenvalue weighted by atomic mass is 14.6. The van der Waals surface area contributed by atoms with Crippen LogP contribution < -0.4 is 5.73 Å². The molecule has 3 atom stereocenters. The summed E-state index contributed by atoms with van der Waals surface area (Å²) in [5.41, 5.74) is 6.37. The second-order valence-electron chi connectivity index (χ2n) is 5.90. The molecule has 0 amide bonds. The molecule has 1 nitrogen and oxygen atoms in total. The van der Waals surface area contributed by atoms with Gasteiger partial charge < -0.3 is 5.73 Å². The molecule has 16 heavy (non-hydrogen) atoms. The fraction of sp³-hybridized carbons (Fsp3) is 1.00. The average Bonchev–Trinajstić information content (AvgIpc) is 2.38. The molecule has 0 aliphatic heterocycles. The van der Waals surface area contributed by atoms with Gasteiger partial charge in [0.2, 0.25) is 0 Å². The predicted molar refractivity (Wildman–Crippen MR) is 72.5 cm³/mol. The molecule has 2 N–H and O–H groups in total. The van der Waals surface area contributed by atoms with Gasteiger partial charge >= 0.3 is 0 Å². The van der Waals surface area contributed by atoms with Crippen molar-refractivity contribution in [1.82, 2.24) is 0 Å². The number of hydrogen-bond acceptors (Lipinski definition) is 1. The molecule has 1 saturated carbocycles. The topological polar surface area (TPSA) is 26.0 Å². The Morgan fingerprint density at radius 3 is 2.50 bits per heavy atom. The summed E-state index contributed by atoms with van der Waals surface area (Å²) >= 11 is 0. The van der Waals surface area contributed by atoms with E-state index in [1.165, 1.54) is 64.2 Å². The summed E-state index contributed by atoms with van der Waals surface area (Å²) < 4.78 is 0. The highest BCUT2D eigenvalue weighted by Gasteiger charge is 2.20. The Hall–Kier alpha value is -0.0400. The van der Waals surface area contributed by atoms with Crippen molar-refractivity contribution in [3.05, 3.63) is 0 Å². The molecule has 0 aromatic rings. The van der Waals surface area contributed by atoms with Crippen molar-refractivity contribution in [1.29, 1.82) is 0 Å². The van der Waals surface area contributed by atoms with Gasteiger partial charge in [0.05, 0.1) is 0 Å². The molecule has 0 bridgehead atoms. The first-order valence-electron chi connectivity index (χ1n) is 7.49. The first-order valence-corrected chi connectivity index (χ1v) is 7.49. The minimum atomic E-state index is 0.473. The van der Waals surface area contributed by atoms with E-state index in [0.29, 0.717) is 6.04 Å². The van der Waals surface area contributed by atoms with Gasteiger partial charge in [-0.15, -0.1) is 0 Å². The maximum absolute atomic E-state index is 6.37. The fourth-order valence-corrected chi connectivity index (χ4v) is 3.07. The Morgan fingerprint density at radius 2 is 1.81 bits per heavy atom. The Bertz CT molecular complexity index is 167. The van der Waals surface area contributed by atoms with Crippen molar-refractivity contribution < 1.29 is 0 Å². The largest absolute Gasteiger partial charge is 0.327 e. The van der Waals surface area contributed by atoms with Gasteiger partial charge in [0.1, 0.15) is 0 Å². The minimum Gasteiger partial charge on any atom is -0.327 e. The summed E-state index contributed by atoms with van der Waals surface area (Å²) in [6.07, 6.45) is 13.8. The van der Waals surface area contributed by atoms with Crippen molar-refractivity contribution in [2.75, 3.05) is 0 Å². The summed E-state index contributed by atoms with van der Waals surface area (Å²) in [5.74, 6) is 1.70. The zero-order valence-corrected chi connectivity index (χ0v) is 11.4. The third-order valence-corrected chi connectivity index (χ3v) is 4.22. The van der Waals surface area contributed by atoms with E-state index in [1.807, 2.05) is 0 Å². The monoisotopic (exact) mass is 225 g/mol. The quantitative estimate of drug-likeness (QED) is 0.749. The molecule has 96 valence electrons. The van der Waals surface area contributed by atoms with E-state index >= 15 is 0 Å². The number of rotatable bonds is 4. The first-order chi connectivity index (χ1) is 7.74. The standard InChI is InChI=1S/C15H31N/c1-3-4-11-15(16)14-10-8-6-5-7-9-13(2)12-14/h13-15H,3-12,16H2,1-2H3. The second-order valence-corrected chi connectivity index (χ2v) is 5.90.